The van der Waals surface area contributed by atoms with E-state index in [-0.39, 0.29) is 0 Å². The first-order valence-corrected chi connectivity index (χ1v) is 6.30. The Bertz CT molecular complexity index is 600. The van der Waals surface area contributed by atoms with Crippen LogP contribution in [0.5, 0.6) is 0 Å². The SMILES string of the molecule is Cc1cccc(C2=Nc3ccccc3NCC2)c1. The number of nitrogens with one attached hydrogen (secondary N) is 1. The normalized spacial score (nSPS) is 14.2. The molecule has 2 aromatic rings. The van der Waals surface area contributed by atoms with Gasteiger partial charge in [0.25, 0.3) is 0 Å². The number of hydrogen-bond donors (Lipinski definition) is 1. The molecule has 2 heteroatoms. The van der Waals surface area contributed by atoms with Gasteiger partial charge in [-0.25, -0.2) is 0 Å². The van der Waals surface area contributed by atoms with Gasteiger partial charge in [0, 0.05) is 13.0 Å². The van der Waals surface area contributed by atoms with Gasteiger partial charge in [-0.1, -0.05) is 42.0 Å². The second kappa shape index (κ2) is 4.65. The minimum atomic E-state index is 0.934. The van der Waals surface area contributed by atoms with Gasteiger partial charge in [0.1, 0.15) is 0 Å². The van der Waals surface area contributed by atoms with Crippen LogP contribution in [0.4, 0.5) is 11.4 Å². The summed E-state index contributed by atoms with van der Waals surface area (Å²) in [4.78, 5) is 4.80. The summed E-state index contributed by atoms with van der Waals surface area (Å²) in [7, 11) is 0. The van der Waals surface area contributed by atoms with E-state index in [4.69, 9.17) is 4.99 Å². The van der Waals surface area contributed by atoms with E-state index in [0.717, 1.165) is 30.1 Å². The smallest absolute Gasteiger partial charge is 0.0864 e. The monoisotopic (exact) mass is 236 g/mol. The largest absolute Gasteiger partial charge is 0.383 e. The molecule has 0 radical (unpaired) electrons. The number of aryl methyl sites for hydroxylation is 1. The standard InChI is InChI=1S/C16H16N2/c1-12-5-4-6-13(11-12)14-9-10-17-15-7-2-3-8-16(15)18-14/h2-8,11,17H,9-10H2,1H3. The van der Waals surface area contributed by atoms with E-state index in [9.17, 15) is 0 Å². The second-order valence-corrected chi connectivity index (χ2v) is 4.62. The molecule has 0 saturated heterocycles. The molecule has 3 rings (SSSR count). The van der Waals surface area contributed by atoms with Crippen LogP contribution in [0.3, 0.4) is 0 Å². The molecule has 1 heterocycles. The Morgan fingerprint density at radius 1 is 1.06 bits per heavy atom. The zero-order valence-electron chi connectivity index (χ0n) is 10.5. The van der Waals surface area contributed by atoms with Crippen molar-refractivity contribution in [1.82, 2.24) is 0 Å². The summed E-state index contributed by atoms with van der Waals surface area (Å²) in [5.74, 6) is 0. The van der Waals surface area contributed by atoms with Crippen LogP contribution < -0.4 is 5.32 Å². The molecule has 0 fully saturated rings. The van der Waals surface area contributed by atoms with Crippen LogP contribution in [-0.2, 0) is 0 Å². The van der Waals surface area contributed by atoms with Gasteiger partial charge in [0.05, 0.1) is 17.1 Å². The van der Waals surface area contributed by atoms with Crippen molar-refractivity contribution >= 4 is 17.1 Å². The third-order valence-corrected chi connectivity index (χ3v) is 3.19. The number of benzene rings is 2. The van der Waals surface area contributed by atoms with E-state index in [0.29, 0.717) is 0 Å². The summed E-state index contributed by atoms with van der Waals surface area (Å²) in [6.07, 6.45) is 0.956. The van der Waals surface area contributed by atoms with E-state index in [1.807, 2.05) is 12.1 Å². The van der Waals surface area contributed by atoms with E-state index in [1.54, 1.807) is 0 Å². The van der Waals surface area contributed by atoms with Crippen LogP contribution in [0.15, 0.2) is 53.5 Å². The van der Waals surface area contributed by atoms with Gasteiger partial charge in [-0.3, -0.25) is 4.99 Å². The lowest BCUT2D eigenvalue weighted by atomic mass is 10.1. The van der Waals surface area contributed by atoms with E-state index < -0.39 is 0 Å². The van der Waals surface area contributed by atoms with Crippen LogP contribution in [0, 0.1) is 6.92 Å². The number of aliphatic imine (C=N–C) groups is 1. The third kappa shape index (κ3) is 2.14. The maximum Gasteiger partial charge on any atom is 0.0864 e. The summed E-state index contributed by atoms with van der Waals surface area (Å²) in [5, 5.41) is 3.42. The maximum absolute atomic E-state index is 4.80. The van der Waals surface area contributed by atoms with Gasteiger partial charge in [-0.15, -0.1) is 0 Å². The molecule has 0 aliphatic carbocycles. The lowest BCUT2D eigenvalue weighted by Gasteiger charge is -2.04. The Hall–Kier alpha value is -2.09. The highest BCUT2D eigenvalue weighted by atomic mass is 14.9. The molecule has 18 heavy (non-hydrogen) atoms. The molecule has 0 saturated carbocycles. The van der Waals surface area contributed by atoms with Crippen molar-refractivity contribution in [3.63, 3.8) is 0 Å². The predicted octanol–water partition coefficient (Wildman–Crippen LogP) is 3.93. The molecule has 1 N–H and O–H groups in total. The van der Waals surface area contributed by atoms with Crippen LogP contribution in [-0.4, -0.2) is 12.3 Å². The van der Waals surface area contributed by atoms with Gasteiger partial charge < -0.3 is 5.32 Å². The molecule has 0 bridgehead atoms. The van der Waals surface area contributed by atoms with Crippen molar-refractivity contribution < 1.29 is 0 Å². The van der Waals surface area contributed by atoms with Crippen molar-refractivity contribution in [2.75, 3.05) is 11.9 Å². The number of rotatable bonds is 1. The topological polar surface area (TPSA) is 24.4 Å². The molecule has 1 aliphatic heterocycles. The first kappa shape index (κ1) is 11.0. The molecule has 0 atom stereocenters. The molecular formula is C16H16N2. The summed E-state index contributed by atoms with van der Waals surface area (Å²) >= 11 is 0. The van der Waals surface area contributed by atoms with Crippen molar-refractivity contribution in [1.29, 1.82) is 0 Å². The van der Waals surface area contributed by atoms with Gasteiger partial charge in [-0.05, 0) is 24.6 Å². The molecule has 0 spiro atoms. The van der Waals surface area contributed by atoms with Crippen LogP contribution in [0.1, 0.15) is 17.5 Å². The average Bonchev–Trinajstić information content (AvgIpc) is 2.60. The van der Waals surface area contributed by atoms with Gasteiger partial charge in [0.15, 0.2) is 0 Å². The molecule has 2 aromatic carbocycles. The molecule has 1 aliphatic rings. The minimum absolute atomic E-state index is 0.934. The van der Waals surface area contributed by atoms with Crippen molar-refractivity contribution in [2.24, 2.45) is 4.99 Å². The highest BCUT2D eigenvalue weighted by Crippen LogP contribution is 2.28. The fraction of sp³-hybridized carbons (Fsp3) is 0.188. The predicted molar refractivity (Wildman–Crippen MR) is 76.9 cm³/mol. The van der Waals surface area contributed by atoms with Crippen molar-refractivity contribution in [2.45, 2.75) is 13.3 Å². The van der Waals surface area contributed by atoms with E-state index >= 15 is 0 Å². The van der Waals surface area contributed by atoms with Crippen LogP contribution in [0.2, 0.25) is 0 Å². The van der Waals surface area contributed by atoms with Crippen LogP contribution in [0.25, 0.3) is 0 Å². The fourth-order valence-electron chi connectivity index (χ4n) is 2.27. The number of hydrogen-bond acceptors (Lipinski definition) is 2. The Kier molecular flexibility index (Phi) is 2.85. The van der Waals surface area contributed by atoms with E-state index in [2.05, 4.69) is 48.6 Å². The zero-order chi connectivity index (χ0) is 12.4. The van der Waals surface area contributed by atoms with E-state index in [1.165, 1.54) is 11.1 Å². The molecule has 0 aromatic heterocycles. The highest BCUT2D eigenvalue weighted by Gasteiger charge is 2.10. The molecule has 2 nitrogen and oxygen atoms in total. The highest BCUT2D eigenvalue weighted by molar-refractivity contribution is 6.03. The lowest BCUT2D eigenvalue weighted by Crippen LogP contribution is -2.07. The second-order valence-electron chi connectivity index (χ2n) is 4.62. The average molecular weight is 236 g/mol. The first-order chi connectivity index (χ1) is 8.83. The number of fused-ring (bicyclic) bond motifs is 1. The summed E-state index contributed by atoms with van der Waals surface area (Å²) in [6.45, 7) is 3.05. The number of nitrogens with zero attached hydrogens (tertiary/aromatic N) is 1. The fourth-order valence-corrected chi connectivity index (χ4v) is 2.27. The maximum atomic E-state index is 4.80. The molecule has 0 amide bonds. The quantitative estimate of drug-likeness (QED) is 0.797. The Balaban J connectivity index is 2.05. The van der Waals surface area contributed by atoms with Crippen molar-refractivity contribution in [3.8, 4) is 0 Å². The molecule has 0 unspecified atom stereocenters. The number of para-hydroxylation sites is 2. The van der Waals surface area contributed by atoms with Crippen molar-refractivity contribution in [3.05, 3.63) is 59.7 Å². The van der Waals surface area contributed by atoms with Gasteiger partial charge in [-0.2, -0.15) is 0 Å². The molecular weight excluding hydrogens is 220 g/mol. The van der Waals surface area contributed by atoms with Gasteiger partial charge >= 0.3 is 0 Å². The zero-order valence-corrected chi connectivity index (χ0v) is 10.5. The van der Waals surface area contributed by atoms with Crippen LogP contribution >= 0.6 is 0 Å². The first-order valence-electron chi connectivity index (χ1n) is 6.30. The van der Waals surface area contributed by atoms with Gasteiger partial charge in [0.2, 0.25) is 0 Å². The minimum Gasteiger partial charge on any atom is -0.383 e. The lowest BCUT2D eigenvalue weighted by molar-refractivity contribution is 1.12. The summed E-state index contributed by atoms with van der Waals surface area (Å²) in [5.41, 5.74) is 5.83. The number of anilines is 1. The Morgan fingerprint density at radius 3 is 2.83 bits per heavy atom. The Labute approximate surface area is 107 Å². The molecule has 90 valence electrons. The summed E-state index contributed by atoms with van der Waals surface area (Å²) in [6, 6.07) is 16.8. The summed E-state index contributed by atoms with van der Waals surface area (Å²) < 4.78 is 0. The Morgan fingerprint density at radius 2 is 1.94 bits per heavy atom. The third-order valence-electron chi connectivity index (χ3n) is 3.19.